The summed E-state index contributed by atoms with van der Waals surface area (Å²) in [4.78, 5) is 15.6. The molecule has 0 bridgehead atoms. The van der Waals surface area contributed by atoms with E-state index in [1.165, 1.54) is 0 Å². The first-order valence-corrected chi connectivity index (χ1v) is 9.70. The number of carbonyl (C=O) groups excluding carboxylic acids is 1. The SMILES string of the molecule is CCC=C(CC(O)(CN=C1C=CC=C2NC(=O)CC=C21)C(F)(F)F)c1ccccc1. The second-order valence-corrected chi connectivity index (χ2v) is 7.22. The van der Waals surface area contributed by atoms with E-state index in [4.69, 9.17) is 0 Å². The Kier molecular flexibility index (Phi) is 6.41. The number of hydrogen-bond acceptors (Lipinski definition) is 3. The molecule has 1 aliphatic heterocycles. The third-order valence-corrected chi connectivity index (χ3v) is 4.97. The second-order valence-electron chi connectivity index (χ2n) is 7.22. The van der Waals surface area contributed by atoms with Gasteiger partial charge in [0.1, 0.15) is 0 Å². The Morgan fingerprint density at radius 2 is 2.00 bits per heavy atom. The summed E-state index contributed by atoms with van der Waals surface area (Å²) < 4.78 is 41.7. The van der Waals surface area contributed by atoms with E-state index in [0.717, 1.165) is 0 Å². The Morgan fingerprint density at radius 1 is 1.27 bits per heavy atom. The smallest absolute Gasteiger partial charge is 0.379 e. The molecule has 1 aromatic rings. The highest BCUT2D eigenvalue weighted by molar-refractivity contribution is 6.14. The van der Waals surface area contributed by atoms with Gasteiger partial charge in [0, 0.05) is 24.1 Å². The number of nitrogens with one attached hydrogen (secondary N) is 1. The molecular weight excluding hydrogens is 393 g/mol. The first kappa shape index (κ1) is 21.8. The molecule has 2 N–H and O–H groups in total. The number of amides is 1. The zero-order valence-corrected chi connectivity index (χ0v) is 16.5. The molecule has 0 aromatic heterocycles. The van der Waals surface area contributed by atoms with Crippen LogP contribution in [0.2, 0.25) is 0 Å². The summed E-state index contributed by atoms with van der Waals surface area (Å²) in [7, 11) is 0. The quantitative estimate of drug-likeness (QED) is 0.717. The maximum absolute atomic E-state index is 13.9. The van der Waals surface area contributed by atoms with Gasteiger partial charge < -0.3 is 10.4 Å². The van der Waals surface area contributed by atoms with Crippen LogP contribution in [0.25, 0.3) is 5.57 Å². The van der Waals surface area contributed by atoms with Crippen molar-refractivity contribution in [3.05, 3.63) is 77.5 Å². The molecule has 0 saturated carbocycles. The molecule has 1 aromatic carbocycles. The van der Waals surface area contributed by atoms with Crippen LogP contribution < -0.4 is 5.32 Å². The van der Waals surface area contributed by atoms with Crippen LogP contribution in [0, 0.1) is 0 Å². The molecule has 0 spiro atoms. The van der Waals surface area contributed by atoms with Crippen molar-refractivity contribution in [3.63, 3.8) is 0 Å². The van der Waals surface area contributed by atoms with E-state index in [0.29, 0.717) is 34.5 Å². The average Bonchev–Trinajstić information content (AvgIpc) is 2.71. The number of nitrogens with zero attached hydrogens (tertiary/aromatic N) is 1. The van der Waals surface area contributed by atoms with Crippen LogP contribution >= 0.6 is 0 Å². The maximum Gasteiger partial charge on any atom is 0.419 e. The summed E-state index contributed by atoms with van der Waals surface area (Å²) in [6, 6.07) is 8.72. The van der Waals surface area contributed by atoms with Gasteiger partial charge in [0.2, 0.25) is 5.91 Å². The Hall–Kier alpha value is -2.93. The van der Waals surface area contributed by atoms with Gasteiger partial charge >= 0.3 is 6.18 Å². The average molecular weight is 416 g/mol. The minimum absolute atomic E-state index is 0.125. The molecule has 0 radical (unpaired) electrons. The first-order valence-electron chi connectivity index (χ1n) is 9.70. The number of aliphatic hydroxyl groups is 1. The standard InChI is InChI=1S/C23H23F3N2O2/c1-2-7-17(16-8-4-3-5-9-16)14-22(30,23(24,25)26)15-27-19-10-6-11-20-18(19)12-13-21(29)28-20/h3-12,30H,2,13-15H2,1H3,(H,28,29). The molecule has 158 valence electrons. The lowest BCUT2D eigenvalue weighted by Gasteiger charge is -2.31. The number of hydrogen-bond donors (Lipinski definition) is 2. The van der Waals surface area contributed by atoms with Crippen molar-refractivity contribution in [3.8, 4) is 0 Å². The Balaban J connectivity index is 1.90. The fraction of sp³-hybridized carbons (Fsp3) is 0.304. The Bertz CT molecular complexity index is 956. The summed E-state index contributed by atoms with van der Waals surface area (Å²) in [6.07, 6.45) is 3.36. The van der Waals surface area contributed by atoms with Gasteiger partial charge in [0.05, 0.1) is 12.3 Å². The number of rotatable bonds is 6. The summed E-state index contributed by atoms with van der Waals surface area (Å²) in [5.74, 6) is -0.191. The lowest BCUT2D eigenvalue weighted by atomic mass is 9.89. The fourth-order valence-corrected chi connectivity index (χ4v) is 3.38. The number of allylic oxidation sites excluding steroid dienone is 5. The van der Waals surface area contributed by atoms with Gasteiger partial charge in [-0.15, -0.1) is 0 Å². The summed E-state index contributed by atoms with van der Waals surface area (Å²) in [5, 5.41) is 13.3. The fourth-order valence-electron chi connectivity index (χ4n) is 3.38. The molecule has 0 saturated heterocycles. The van der Waals surface area contributed by atoms with E-state index in [1.54, 1.807) is 60.7 Å². The van der Waals surface area contributed by atoms with Gasteiger partial charge in [-0.25, -0.2) is 0 Å². The van der Waals surface area contributed by atoms with Gasteiger partial charge in [0.15, 0.2) is 5.60 Å². The summed E-state index contributed by atoms with van der Waals surface area (Å²) >= 11 is 0. The van der Waals surface area contributed by atoms with Gasteiger partial charge in [-0.1, -0.05) is 55.5 Å². The Labute approximate surface area is 173 Å². The lowest BCUT2D eigenvalue weighted by Crippen LogP contribution is -2.48. The van der Waals surface area contributed by atoms with E-state index in [9.17, 15) is 23.1 Å². The van der Waals surface area contributed by atoms with Crippen molar-refractivity contribution in [1.29, 1.82) is 0 Å². The number of benzene rings is 1. The topological polar surface area (TPSA) is 61.7 Å². The highest BCUT2D eigenvalue weighted by Gasteiger charge is 2.54. The van der Waals surface area contributed by atoms with Crippen molar-refractivity contribution in [2.24, 2.45) is 4.99 Å². The molecule has 30 heavy (non-hydrogen) atoms. The number of aliphatic imine (C=N–C) groups is 1. The number of fused-ring (bicyclic) bond motifs is 1. The molecule has 1 aliphatic carbocycles. The van der Waals surface area contributed by atoms with Crippen LogP contribution in [0.3, 0.4) is 0 Å². The molecule has 1 amide bonds. The van der Waals surface area contributed by atoms with Gasteiger partial charge in [-0.05, 0) is 29.7 Å². The molecular formula is C23H23F3N2O2. The summed E-state index contributed by atoms with van der Waals surface area (Å²) in [6.45, 7) is 0.989. The van der Waals surface area contributed by atoms with Crippen LogP contribution in [0.5, 0.6) is 0 Å². The van der Waals surface area contributed by atoms with Crippen molar-refractivity contribution < 1.29 is 23.1 Å². The lowest BCUT2D eigenvalue weighted by molar-refractivity contribution is -0.253. The van der Waals surface area contributed by atoms with E-state index in [1.807, 2.05) is 6.92 Å². The van der Waals surface area contributed by atoms with Crippen LogP contribution in [-0.4, -0.2) is 35.0 Å². The van der Waals surface area contributed by atoms with Gasteiger partial charge in [0.25, 0.3) is 0 Å². The highest BCUT2D eigenvalue weighted by Crippen LogP contribution is 2.38. The second kappa shape index (κ2) is 8.83. The maximum atomic E-state index is 13.9. The minimum atomic E-state index is -4.87. The predicted octanol–water partition coefficient (Wildman–Crippen LogP) is 4.50. The molecule has 3 rings (SSSR count). The Morgan fingerprint density at radius 3 is 2.67 bits per heavy atom. The van der Waals surface area contributed by atoms with Crippen molar-refractivity contribution >= 4 is 17.2 Å². The third-order valence-electron chi connectivity index (χ3n) is 4.97. The predicted molar refractivity (Wildman–Crippen MR) is 111 cm³/mol. The van der Waals surface area contributed by atoms with Crippen molar-refractivity contribution in [1.82, 2.24) is 5.32 Å². The normalized spacial score (nSPS) is 20.2. The highest BCUT2D eigenvalue weighted by atomic mass is 19.4. The minimum Gasteiger partial charge on any atom is -0.379 e. The van der Waals surface area contributed by atoms with E-state index < -0.39 is 24.7 Å². The molecule has 0 fully saturated rings. The van der Waals surface area contributed by atoms with Crippen LogP contribution in [-0.2, 0) is 4.79 Å². The van der Waals surface area contributed by atoms with Crippen molar-refractivity contribution in [2.45, 2.75) is 38.0 Å². The summed E-state index contributed by atoms with van der Waals surface area (Å²) in [5.41, 5.74) is -0.606. The molecule has 4 nitrogen and oxygen atoms in total. The van der Waals surface area contributed by atoms with E-state index in [2.05, 4.69) is 10.3 Å². The number of carbonyl (C=O) groups is 1. The number of alkyl halides is 3. The first-order chi connectivity index (χ1) is 14.2. The third kappa shape index (κ3) is 4.79. The molecule has 1 unspecified atom stereocenters. The molecule has 1 atom stereocenters. The van der Waals surface area contributed by atoms with Gasteiger partial charge in [-0.2, -0.15) is 13.2 Å². The van der Waals surface area contributed by atoms with E-state index in [-0.39, 0.29) is 12.3 Å². The zero-order chi connectivity index (χ0) is 21.8. The molecule has 2 aliphatic rings. The van der Waals surface area contributed by atoms with Crippen LogP contribution in [0.4, 0.5) is 13.2 Å². The van der Waals surface area contributed by atoms with Gasteiger partial charge in [-0.3, -0.25) is 9.79 Å². The molecule has 7 heteroatoms. The zero-order valence-electron chi connectivity index (χ0n) is 16.5. The molecule has 1 heterocycles. The van der Waals surface area contributed by atoms with Crippen molar-refractivity contribution in [2.75, 3.05) is 6.54 Å². The van der Waals surface area contributed by atoms with Crippen LogP contribution in [0.15, 0.2) is 77.0 Å². The monoisotopic (exact) mass is 416 g/mol. The number of halogens is 3. The van der Waals surface area contributed by atoms with E-state index >= 15 is 0 Å². The largest absolute Gasteiger partial charge is 0.419 e. The van der Waals surface area contributed by atoms with Crippen LogP contribution in [0.1, 0.15) is 31.7 Å².